The van der Waals surface area contributed by atoms with Crippen molar-refractivity contribution in [3.63, 3.8) is 0 Å². The first-order valence-electron chi connectivity index (χ1n) is 5.01. The number of anilines is 1. The lowest BCUT2D eigenvalue weighted by Crippen LogP contribution is -2.31. The molecule has 1 aromatic heterocycles. The second-order valence-corrected chi connectivity index (χ2v) is 4.21. The van der Waals surface area contributed by atoms with Gasteiger partial charge in [-0.25, -0.2) is 4.98 Å². The van der Waals surface area contributed by atoms with Crippen molar-refractivity contribution >= 4 is 23.3 Å². The summed E-state index contributed by atoms with van der Waals surface area (Å²) in [6.45, 7) is 2.08. The van der Waals surface area contributed by atoms with Gasteiger partial charge in [0.25, 0.3) is 5.91 Å². The van der Waals surface area contributed by atoms with Gasteiger partial charge in [0.15, 0.2) is 0 Å². The van der Waals surface area contributed by atoms with Crippen molar-refractivity contribution in [2.45, 2.75) is 6.92 Å². The van der Waals surface area contributed by atoms with Gasteiger partial charge in [0.2, 0.25) is 0 Å². The number of carbonyl (C=O) groups excluding carboxylic acids is 1. The van der Waals surface area contributed by atoms with Crippen LogP contribution in [0, 0.1) is 17.2 Å². The smallest absolute Gasteiger partial charge is 0.255 e. The highest BCUT2D eigenvalue weighted by Gasteiger charge is 2.17. The molecule has 1 unspecified atom stereocenters. The van der Waals surface area contributed by atoms with Crippen molar-refractivity contribution < 1.29 is 4.79 Å². The Morgan fingerprint density at radius 1 is 1.76 bits per heavy atom. The standard InChI is InChI=1S/C11H13ClN4O/c1-7(4-13)6-16(2)11(17)8-3-10(14)15-5-9(8)12/h3,5,7H,6H2,1-2H3,(H2,14,15). The molecular weight excluding hydrogens is 240 g/mol. The summed E-state index contributed by atoms with van der Waals surface area (Å²) in [7, 11) is 1.61. The summed E-state index contributed by atoms with van der Waals surface area (Å²) in [5, 5.41) is 8.94. The topological polar surface area (TPSA) is 83.0 Å². The van der Waals surface area contributed by atoms with Gasteiger partial charge in [-0.2, -0.15) is 5.26 Å². The van der Waals surface area contributed by atoms with Gasteiger partial charge in [-0.05, 0) is 13.0 Å². The number of nitriles is 1. The van der Waals surface area contributed by atoms with Gasteiger partial charge >= 0.3 is 0 Å². The number of nitrogens with zero attached hydrogens (tertiary/aromatic N) is 3. The van der Waals surface area contributed by atoms with Crippen molar-refractivity contribution in [3.8, 4) is 6.07 Å². The third-order valence-electron chi connectivity index (χ3n) is 2.22. The van der Waals surface area contributed by atoms with Crippen LogP contribution in [0.1, 0.15) is 17.3 Å². The number of hydrogen-bond donors (Lipinski definition) is 1. The third kappa shape index (κ3) is 3.33. The van der Waals surface area contributed by atoms with Gasteiger partial charge in [-0.15, -0.1) is 0 Å². The van der Waals surface area contributed by atoms with E-state index in [9.17, 15) is 4.79 Å². The van der Waals surface area contributed by atoms with Gasteiger partial charge in [-0.1, -0.05) is 11.6 Å². The summed E-state index contributed by atoms with van der Waals surface area (Å²) in [5.74, 6) is -0.271. The zero-order valence-electron chi connectivity index (χ0n) is 9.64. The van der Waals surface area contributed by atoms with E-state index in [-0.39, 0.29) is 22.7 Å². The van der Waals surface area contributed by atoms with Crippen molar-refractivity contribution in [1.82, 2.24) is 9.88 Å². The van der Waals surface area contributed by atoms with Crippen LogP contribution in [0.5, 0.6) is 0 Å². The normalized spacial score (nSPS) is 11.6. The first-order valence-corrected chi connectivity index (χ1v) is 5.39. The van der Waals surface area contributed by atoms with Gasteiger partial charge in [0.1, 0.15) is 5.82 Å². The maximum atomic E-state index is 12.0. The molecule has 5 nitrogen and oxygen atoms in total. The van der Waals surface area contributed by atoms with Crippen LogP contribution in [0.2, 0.25) is 5.02 Å². The molecule has 0 aliphatic rings. The number of amides is 1. The van der Waals surface area contributed by atoms with E-state index in [1.165, 1.54) is 17.2 Å². The zero-order chi connectivity index (χ0) is 13.0. The number of aromatic nitrogens is 1. The fourth-order valence-corrected chi connectivity index (χ4v) is 1.54. The second kappa shape index (κ2) is 5.51. The molecule has 1 rings (SSSR count). The fourth-order valence-electron chi connectivity index (χ4n) is 1.36. The SMILES string of the molecule is CC(C#N)CN(C)C(=O)c1cc(N)ncc1Cl. The van der Waals surface area contributed by atoms with Crippen LogP contribution in [0.4, 0.5) is 5.82 Å². The molecule has 17 heavy (non-hydrogen) atoms. The van der Waals surface area contributed by atoms with E-state index in [0.717, 1.165) is 0 Å². The molecule has 2 N–H and O–H groups in total. The molecule has 6 heteroatoms. The number of nitrogen functional groups attached to an aromatic ring is 1. The number of rotatable bonds is 3. The van der Waals surface area contributed by atoms with Gasteiger partial charge in [0.05, 0.1) is 22.6 Å². The van der Waals surface area contributed by atoms with Gasteiger partial charge < -0.3 is 10.6 Å². The molecule has 0 aromatic carbocycles. The number of carbonyl (C=O) groups is 1. The Bertz CT molecular complexity index is 469. The Kier molecular flexibility index (Phi) is 4.30. The lowest BCUT2D eigenvalue weighted by atomic mass is 10.1. The fraction of sp³-hybridized carbons (Fsp3) is 0.364. The first-order chi connectivity index (χ1) is 7.95. The predicted octanol–water partition coefficient (Wildman–Crippen LogP) is 1.55. The predicted molar refractivity (Wildman–Crippen MR) is 65.4 cm³/mol. The molecule has 0 radical (unpaired) electrons. The van der Waals surface area contributed by atoms with Crippen LogP contribution in [0.25, 0.3) is 0 Å². The van der Waals surface area contributed by atoms with E-state index < -0.39 is 0 Å². The maximum absolute atomic E-state index is 12.0. The molecule has 1 amide bonds. The summed E-state index contributed by atoms with van der Waals surface area (Å²) in [5.41, 5.74) is 5.80. The Balaban J connectivity index is 2.89. The highest BCUT2D eigenvalue weighted by molar-refractivity contribution is 6.33. The molecule has 0 aliphatic carbocycles. The van der Waals surface area contributed by atoms with E-state index in [0.29, 0.717) is 12.1 Å². The van der Waals surface area contributed by atoms with Crippen molar-refractivity contribution in [3.05, 3.63) is 22.8 Å². The highest BCUT2D eigenvalue weighted by atomic mass is 35.5. The number of nitrogens with two attached hydrogens (primary N) is 1. The summed E-state index contributed by atoms with van der Waals surface area (Å²) in [6, 6.07) is 3.49. The molecule has 0 saturated heterocycles. The number of pyridine rings is 1. The minimum absolute atomic E-state index is 0.234. The molecule has 0 spiro atoms. The second-order valence-electron chi connectivity index (χ2n) is 3.80. The molecule has 1 heterocycles. The molecule has 0 aliphatic heterocycles. The van der Waals surface area contributed by atoms with Crippen molar-refractivity contribution in [2.24, 2.45) is 5.92 Å². The Labute approximate surface area is 105 Å². The highest BCUT2D eigenvalue weighted by Crippen LogP contribution is 2.18. The Hall–Kier alpha value is -1.80. The average Bonchev–Trinajstić information content (AvgIpc) is 2.31. The van der Waals surface area contributed by atoms with Crippen LogP contribution in [0.15, 0.2) is 12.3 Å². The first kappa shape index (κ1) is 13.3. The molecule has 90 valence electrons. The third-order valence-corrected chi connectivity index (χ3v) is 2.52. The number of halogens is 1. The van der Waals surface area contributed by atoms with E-state index in [2.05, 4.69) is 11.1 Å². The van der Waals surface area contributed by atoms with E-state index >= 15 is 0 Å². The van der Waals surface area contributed by atoms with Crippen LogP contribution < -0.4 is 5.73 Å². The lowest BCUT2D eigenvalue weighted by Gasteiger charge is -2.18. The summed E-state index contributed by atoms with van der Waals surface area (Å²) in [6.07, 6.45) is 1.34. The molecule has 1 aromatic rings. The van der Waals surface area contributed by atoms with Crippen molar-refractivity contribution in [2.75, 3.05) is 19.3 Å². The Morgan fingerprint density at radius 2 is 2.41 bits per heavy atom. The molecule has 0 fully saturated rings. The maximum Gasteiger partial charge on any atom is 0.255 e. The zero-order valence-corrected chi connectivity index (χ0v) is 10.4. The van der Waals surface area contributed by atoms with Gasteiger partial charge in [0, 0.05) is 19.8 Å². The molecule has 1 atom stereocenters. The largest absolute Gasteiger partial charge is 0.384 e. The van der Waals surface area contributed by atoms with E-state index in [1.807, 2.05) is 0 Å². The minimum Gasteiger partial charge on any atom is -0.384 e. The monoisotopic (exact) mass is 252 g/mol. The molecular formula is C11H13ClN4O. The molecule has 0 saturated carbocycles. The average molecular weight is 253 g/mol. The lowest BCUT2D eigenvalue weighted by molar-refractivity contribution is 0.0785. The summed E-state index contributed by atoms with van der Waals surface area (Å²) in [4.78, 5) is 17.2. The van der Waals surface area contributed by atoms with Crippen LogP contribution in [-0.4, -0.2) is 29.4 Å². The Morgan fingerprint density at radius 3 is 3.00 bits per heavy atom. The van der Waals surface area contributed by atoms with Crippen molar-refractivity contribution in [1.29, 1.82) is 5.26 Å². The van der Waals surface area contributed by atoms with Crippen LogP contribution in [0.3, 0.4) is 0 Å². The minimum atomic E-state index is -0.272. The quantitative estimate of drug-likeness (QED) is 0.885. The van der Waals surface area contributed by atoms with E-state index in [1.54, 1.807) is 14.0 Å². The summed E-state index contributed by atoms with van der Waals surface area (Å²) >= 11 is 5.88. The number of hydrogen-bond acceptors (Lipinski definition) is 4. The summed E-state index contributed by atoms with van der Waals surface area (Å²) < 4.78 is 0. The van der Waals surface area contributed by atoms with Crippen LogP contribution in [-0.2, 0) is 0 Å². The molecule has 0 bridgehead atoms. The van der Waals surface area contributed by atoms with E-state index in [4.69, 9.17) is 22.6 Å². The van der Waals surface area contributed by atoms with Gasteiger partial charge in [-0.3, -0.25) is 4.79 Å². The van der Waals surface area contributed by atoms with Crippen LogP contribution >= 0.6 is 11.6 Å².